The van der Waals surface area contributed by atoms with Crippen LogP contribution in [0.5, 0.6) is 0 Å². The molecule has 1 amide bonds. The molecule has 2 fully saturated rings. The molecule has 1 aliphatic carbocycles. The van der Waals surface area contributed by atoms with Crippen molar-refractivity contribution in [1.82, 2.24) is 4.90 Å². The molecule has 1 aromatic carbocycles. The highest BCUT2D eigenvalue weighted by Crippen LogP contribution is 2.46. The summed E-state index contributed by atoms with van der Waals surface area (Å²) in [4.78, 5) is 38.1. The standard InChI is InChI=1S/C23H28F3NO6/c1-14-13-32-11-9-18(14)27(20(29)23(24,25)26)17-8-10-22(12-17,21(30)31)15(2)33-19(28)16-6-4-3-5-7-16/h3-7,14-15,17-18H,8-13H2,1-2H3,(H,30,31)/t14-,15?,17?,18+,22+/m1/s1. The molecule has 182 valence electrons. The van der Waals surface area contributed by atoms with Crippen LogP contribution in [0.1, 0.15) is 49.9 Å². The van der Waals surface area contributed by atoms with Gasteiger partial charge in [0.15, 0.2) is 0 Å². The van der Waals surface area contributed by atoms with Crippen LogP contribution in [0, 0.1) is 11.3 Å². The van der Waals surface area contributed by atoms with Gasteiger partial charge >= 0.3 is 24.0 Å². The van der Waals surface area contributed by atoms with E-state index in [1.807, 2.05) is 0 Å². The van der Waals surface area contributed by atoms with Gasteiger partial charge in [0.1, 0.15) is 11.5 Å². The average Bonchev–Trinajstić information content (AvgIpc) is 3.22. The van der Waals surface area contributed by atoms with Gasteiger partial charge in [0.05, 0.1) is 12.2 Å². The molecular weight excluding hydrogens is 443 g/mol. The number of benzene rings is 1. The third kappa shape index (κ3) is 5.15. The molecule has 1 aromatic rings. The molecule has 10 heteroatoms. The molecule has 0 aromatic heterocycles. The summed E-state index contributed by atoms with van der Waals surface area (Å²) in [6, 6.07) is 6.37. The number of carbonyl (C=O) groups excluding carboxylic acids is 2. The lowest BCUT2D eigenvalue weighted by atomic mass is 9.80. The fourth-order valence-corrected chi connectivity index (χ4v) is 4.95. The number of esters is 1. The van der Waals surface area contributed by atoms with Crippen molar-refractivity contribution >= 4 is 17.8 Å². The molecule has 1 saturated heterocycles. The molecule has 2 unspecified atom stereocenters. The zero-order valence-electron chi connectivity index (χ0n) is 18.5. The molecule has 5 atom stereocenters. The number of alkyl halides is 3. The summed E-state index contributed by atoms with van der Waals surface area (Å²) in [7, 11) is 0. The van der Waals surface area contributed by atoms with Crippen molar-refractivity contribution in [2.45, 2.75) is 63.9 Å². The Hall–Kier alpha value is -2.62. The van der Waals surface area contributed by atoms with Crippen LogP contribution in [0.4, 0.5) is 13.2 Å². The average molecular weight is 471 g/mol. The number of amides is 1. The molecule has 1 N–H and O–H groups in total. The van der Waals surface area contributed by atoms with Crippen LogP contribution >= 0.6 is 0 Å². The van der Waals surface area contributed by atoms with E-state index in [-0.39, 0.29) is 50.4 Å². The van der Waals surface area contributed by atoms with E-state index < -0.39 is 47.6 Å². The van der Waals surface area contributed by atoms with Crippen LogP contribution < -0.4 is 0 Å². The minimum absolute atomic E-state index is 0.0184. The first-order chi connectivity index (χ1) is 15.5. The van der Waals surface area contributed by atoms with Crippen LogP contribution in [-0.4, -0.2) is 65.4 Å². The molecule has 2 aliphatic rings. The molecular formula is C23H28F3NO6. The van der Waals surface area contributed by atoms with E-state index in [0.717, 1.165) is 4.90 Å². The number of nitrogens with zero attached hydrogens (tertiary/aromatic N) is 1. The number of halogens is 3. The molecule has 3 rings (SSSR count). The van der Waals surface area contributed by atoms with Crippen molar-refractivity contribution in [3.8, 4) is 0 Å². The lowest BCUT2D eigenvalue weighted by molar-refractivity contribution is -0.194. The molecule has 1 saturated carbocycles. The molecule has 0 spiro atoms. The van der Waals surface area contributed by atoms with Crippen molar-refractivity contribution in [2.75, 3.05) is 13.2 Å². The first-order valence-electron chi connectivity index (χ1n) is 10.9. The maximum absolute atomic E-state index is 13.5. The normalized spacial score (nSPS) is 28.7. The molecule has 7 nitrogen and oxygen atoms in total. The summed E-state index contributed by atoms with van der Waals surface area (Å²) in [6.45, 7) is 3.58. The van der Waals surface area contributed by atoms with Crippen LogP contribution in [0.3, 0.4) is 0 Å². The van der Waals surface area contributed by atoms with Crippen molar-refractivity contribution < 1.29 is 42.1 Å². The number of carboxylic acids is 1. The van der Waals surface area contributed by atoms with Gasteiger partial charge < -0.3 is 19.5 Å². The van der Waals surface area contributed by atoms with Crippen LogP contribution in [-0.2, 0) is 19.1 Å². The van der Waals surface area contributed by atoms with Gasteiger partial charge in [-0.15, -0.1) is 0 Å². The highest BCUT2D eigenvalue weighted by molar-refractivity contribution is 5.90. The first kappa shape index (κ1) is 25.0. The van der Waals surface area contributed by atoms with E-state index in [9.17, 15) is 32.7 Å². The van der Waals surface area contributed by atoms with Gasteiger partial charge in [-0.25, -0.2) is 4.79 Å². The number of carboxylic acid groups (broad SMARTS) is 1. The maximum atomic E-state index is 13.5. The smallest absolute Gasteiger partial charge is 0.471 e. The Bertz CT molecular complexity index is 877. The van der Waals surface area contributed by atoms with Crippen LogP contribution in [0.2, 0.25) is 0 Å². The Kier molecular flexibility index (Phi) is 7.36. The van der Waals surface area contributed by atoms with Gasteiger partial charge in [-0.05, 0) is 44.7 Å². The summed E-state index contributed by atoms with van der Waals surface area (Å²) >= 11 is 0. The quantitative estimate of drug-likeness (QED) is 0.637. The largest absolute Gasteiger partial charge is 0.481 e. The van der Waals surface area contributed by atoms with Crippen molar-refractivity contribution in [3.63, 3.8) is 0 Å². The van der Waals surface area contributed by atoms with Crippen LogP contribution in [0.25, 0.3) is 0 Å². The van der Waals surface area contributed by atoms with Gasteiger partial charge in [-0.3, -0.25) is 9.59 Å². The zero-order valence-corrected chi connectivity index (χ0v) is 18.5. The molecule has 1 heterocycles. The Morgan fingerprint density at radius 1 is 1.21 bits per heavy atom. The number of aliphatic carboxylic acids is 1. The van der Waals surface area contributed by atoms with Crippen molar-refractivity contribution in [1.29, 1.82) is 0 Å². The topological polar surface area (TPSA) is 93.1 Å². The Labute approximate surface area is 189 Å². The third-order valence-corrected chi connectivity index (χ3v) is 6.84. The fourth-order valence-electron chi connectivity index (χ4n) is 4.95. The highest BCUT2D eigenvalue weighted by atomic mass is 19.4. The van der Waals surface area contributed by atoms with Gasteiger partial charge in [-0.1, -0.05) is 25.1 Å². The highest BCUT2D eigenvalue weighted by Gasteiger charge is 2.56. The summed E-state index contributed by atoms with van der Waals surface area (Å²) in [5.41, 5.74) is -1.36. The second-order valence-electron chi connectivity index (χ2n) is 8.89. The monoisotopic (exact) mass is 471 g/mol. The van der Waals surface area contributed by atoms with E-state index in [4.69, 9.17) is 9.47 Å². The van der Waals surface area contributed by atoms with Gasteiger partial charge in [0, 0.05) is 24.6 Å². The fraction of sp³-hybridized carbons (Fsp3) is 0.609. The SMILES string of the molecule is CC(OC(=O)c1ccccc1)[C@]1(C(=O)O)CCC(N(C(=O)C(F)(F)F)[C@H]2CCOC[C@H]2C)C1. The summed E-state index contributed by atoms with van der Waals surface area (Å²) in [6.07, 6.45) is -6.16. The summed E-state index contributed by atoms with van der Waals surface area (Å²) < 4.78 is 51.3. The third-order valence-electron chi connectivity index (χ3n) is 6.84. The second-order valence-corrected chi connectivity index (χ2v) is 8.89. The number of carbonyl (C=O) groups is 3. The summed E-state index contributed by atoms with van der Waals surface area (Å²) in [5.74, 6) is -4.29. The van der Waals surface area contributed by atoms with E-state index in [2.05, 4.69) is 0 Å². The Morgan fingerprint density at radius 3 is 2.45 bits per heavy atom. The zero-order chi connectivity index (χ0) is 24.4. The van der Waals surface area contributed by atoms with E-state index in [0.29, 0.717) is 0 Å². The van der Waals surface area contributed by atoms with E-state index >= 15 is 0 Å². The van der Waals surface area contributed by atoms with Crippen LogP contribution in [0.15, 0.2) is 30.3 Å². The minimum atomic E-state index is -5.09. The molecule has 1 aliphatic heterocycles. The Balaban J connectivity index is 1.85. The summed E-state index contributed by atoms with van der Waals surface area (Å²) in [5, 5.41) is 10.0. The molecule has 0 radical (unpaired) electrons. The van der Waals surface area contributed by atoms with Gasteiger partial charge in [0.25, 0.3) is 0 Å². The lowest BCUT2D eigenvalue weighted by Gasteiger charge is -2.42. The van der Waals surface area contributed by atoms with Crippen molar-refractivity contribution in [2.24, 2.45) is 11.3 Å². The van der Waals surface area contributed by atoms with E-state index in [1.54, 1.807) is 25.1 Å². The predicted octanol–water partition coefficient (Wildman–Crippen LogP) is 3.67. The minimum Gasteiger partial charge on any atom is -0.481 e. The number of hydrogen-bond donors (Lipinski definition) is 1. The van der Waals surface area contributed by atoms with Gasteiger partial charge in [0.2, 0.25) is 0 Å². The maximum Gasteiger partial charge on any atom is 0.471 e. The number of hydrogen-bond acceptors (Lipinski definition) is 5. The predicted molar refractivity (Wildman–Crippen MR) is 110 cm³/mol. The number of ether oxygens (including phenoxy) is 2. The Morgan fingerprint density at radius 2 is 1.88 bits per heavy atom. The van der Waals surface area contributed by atoms with Crippen molar-refractivity contribution in [3.05, 3.63) is 35.9 Å². The lowest BCUT2D eigenvalue weighted by Crippen LogP contribution is -2.56. The first-order valence-corrected chi connectivity index (χ1v) is 10.9. The second kappa shape index (κ2) is 9.70. The molecule has 0 bridgehead atoms. The van der Waals surface area contributed by atoms with Gasteiger partial charge in [-0.2, -0.15) is 13.2 Å². The number of rotatable bonds is 6. The molecule has 33 heavy (non-hydrogen) atoms. The van der Waals surface area contributed by atoms with E-state index in [1.165, 1.54) is 19.1 Å².